The van der Waals surface area contributed by atoms with Crippen LogP contribution in [-0.4, -0.2) is 69.9 Å². The van der Waals surface area contributed by atoms with E-state index in [1.165, 1.54) is 11.3 Å². The summed E-state index contributed by atoms with van der Waals surface area (Å²) < 4.78 is 5.42. The molecular weight excluding hydrogens is 390 g/mol. The number of nitrogens with one attached hydrogen (secondary N) is 1. The first kappa shape index (κ1) is 20.3. The number of anilines is 3. The minimum absolute atomic E-state index is 0.0305. The average Bonchev–Trinajstić information content (AvgIpc) is 3.20. The molecule has 0 aliphatic carbocycles. The smallest absolute Gasteiger partial charge is 0.230 e. The fourth-order valence-corrected chi connectivity index (χ4v) is 4.87. The zero-order chi connectivity index (χ0) is 21.0. The second-order valence-electron chi connectivity index (χ2n) is 8.52. The Balaban J connectivity index is 1.26. The number of carbonyl (C=O) groups is 1. The van der Waals surface area contributed by atoms with Crippen LogP contribution < -0.4 is 20.0 Å². The highest BCUT2D eigenvalue weighted by Gasteiger charge is 2.33. The third-order valence-electron chi connectivity index (χ3n) is 6.61. The maximum atomic E-state index is 13.2. The fourth-order valence-electron chi connectivity index (χ4n) is 4.87. The molecule has 7 heteroatoms. The van der Waals surface area contributed by atoms with Crippen LogP contribution in [-0.2, 0) is 16.0 Å². The van der Waals surface area contributed by atoms with Crippen LogP contribution in [0.5, 0.6) is 0 Å². The van der Waals surface area contributed by atoms with Gasteiger partial charge in [-0.1, -0.05) is 18.2 Å². The maximum Gasteiger partial charge on any atom is 0.230 e. The Kier molecular flexibility index (Phi) is 6.04. The van der Waals surface area contributed by atoms with Crippen LogP contribution in [0, 0.1) is 5.92 Å². The molecule has 0 unspecified atom stereocenters. The number of nitrogens with zero attached hydrogens (tertiary/aromatic N) is 4. The lowest BCUT2D eigenvalue weighted by molar-refractivity contribution is -0.120. The Morgan fingerprint density at radius 3 is 2.55 bits per heavy atom. The lowest BCUT2D eigenvalue weighted by atomic mass is 9.96. The molecule has 0 spiro atoms. The molecule has 1 atom stereocenters. The van der Waals surface area contributed by atoms with Gasteiger partial charge in [-0.25, -0.2) is 4.98 Å². The maximum absolute atomic E-state index is 13.2. The van der Waals surface area contributed by atoms with E-state index < -0.39 is 0 Å². The van der Waals surface area contributed by atoms with Crippen LogP contribution in [0.1, 0.15) is 12.0 Å². The van der Waals surface area contributed by atoms with Crippen molar-refractivity contribution in [3.05, 3.63) is 48.2 Å². The number of hydrogen-bond donors (Lipinski definition) is 1. The number of hydrogen-bond acceptors (Lipinski definition) is 6. The number of carbonyl (C=O) groups excluding carboxylic acids is 1. The normalized spacial score (nSPS) is 22.3. The lowest BCUT2D eigenvalue weighted by Gasteiger charge is -2.31. The van der Waals surface area contributed by atoms with Gasteiger partial charge in [0, 0.05) is 57.4 Å². The van der Waals surface area contributed by atoms with Gasteiger partial charge in [-0.15, -0.1) is 0 Å². The molecule has 0 bridgehead atoms. The third kappa shape index (κ3) is 4.38. The van der Waals surface area contributed by atoms with Crippen LogP contribution in [0.3, 0.4) is 0 Å². The van der Waals surface area contributed by atoms with Crippen molar-refractivity contribution in [2.75, 3.05) is 73.7 Å². The molecule has 164 valence electrons. The summed E-state index contributed by atoms with van der Waals surface area (Å²) in [5.74, 6) is 1.21. The Labute approximate surface area is 184 Å². The minimum atomic E-state index is 0.0305. The van der Waals surface area contributed by atoms with Gasteiger partial charge in [0.15, 0.2) is 0 Å². The highest BCUT2D eigenvalue weighted by molar-refractivity contribution is 5.97. The molecule has 1 aromatic carbocycles. The van der Waals surface area contributed by atoms with Gasteiger partial charge in [0.25, 0.3) is 0 Å². The zero-order valence-electron chi connectivity index (χ0n) is 18.0. The van der Waals surface area contributed by atoms with Crippen molar-refractivity contribution in [1.29, 1.82) is 0 Å². The summed E-state index contributed by atoms with van der Waals surface area (Å²) in [6.45, 7) is 8.03. The van der Waals surface area contributed by atoms with Gasteiger partial charge in [0.2, 0.25) is 5.91 Å². The largest absolute Gasteiger partial charge is 0.378 e. The lowest BCUT2D eigenvalue weighted by Crippen LogP contribution is -2.44. The van der Waals surface area contributed by atoms with Gasteiger partial charge in [-0.3, -0.25) is 4.79 Å². The van der Waals surface area contributed by atoms with E-state index in [-0.39, 0.29) is 11.8 Å². The predicted molar refractivity (Wildman–Crippen MR) is 123 cm³/mol. The van der Waals surface area contributed by atoms with Gasteiger partial charge < -0.3 is 24.8 Å². The molecular formula is C24H31N5O2. The summed E-state index contributed by atoms with van der Waals surface area (Å²) >= 11 is 0. The highest BCUT2D eigenvalue weighted by Crippen LogP contribution is 2.31. The number of benzene rings is 1. The first-order valence-electron chi connectivity index (χ1n) is 11.4. The van der Waals surface area contributed by atoms with Crippen molar-refractivity contribution in [1.82, 2.24) is 10.3 Å². The van der Waals surface area contributed by atoms with E-state index in [4.69, 9.17) is 4.74 Å². The molecule has 4 heterocycles. The SMILES string of the molecule is O=C1[C@@H](Cc2ccccc2N2CCNCC2)CCN1c1ccc(N2CCOCC2)nc1. The van der Waals surface area contributed by atoms with Gasteiger partial charge >= 0.3 is 0 Å². The number of piperazine rings is 1. The second kappa shape index (κ2) is 9.24. The molecule has 3 aliphatic heterocycles. The molecule has 3 saturated heterocycles. The van der Waals surface area contributed by atoms with Gasteiger partial charge in [-0.2, -0.15) is 0 Å². The Morgan fingerprint density at radius 1 is 0.968 bits per heavy atom. The fraction of sp³-hybridized carbons (Fsp3) is 0.500. The molecule has 0 radical (unpaired) electrons. The summed E-state index contributed by atoms with van der Waals surface area (Å²) in [7, 11) is 0. The van der Waals surface area contributed by atoms with Crippen LogP contribution in [0.2, 0.25) is 0 Å². The first-order valence-corrected chi connectivity index (χ1v) is 11.4. The zero-order valence-corrected chi connectivity index (χ0v) is 18.0. The summed E-state index contributed by atoms with van der Waals surface area (Å²) in [5, 5.41) is 3.42. The van der Waals surface area contributed by atoms with Crippen molar-refractivity contribution in [2.45, 2.75) is 12.8 Å². The van der Waals surface area contributed by atoms with Crippen molar-refractivity contribution in [3.8, 4) is 0 Å². The Hall–Kier alpha value is -2.64. The molecule has 0 saturated carbocycles. The van der Waals surface area contributed by atoms with Crippen LogP contribution in [0.25, 0.3) is 0 Å². The van der Waals surface area contributed by atoms with Crippen molar-refractivity contribution >= 4 is 23.1 Å². The molecule has 31 heavy (non-hydrogen) atoms. The molecule has 2 aromatic rings. The topological polar surface area (TPSA) is 60.9 Å². The van der Waals surface area contributed by atoms with Crippen LogP contribution in [0.4, 0.5) is 17.2 Å². The van der Waals surface area contributed by atoms with E-state index in [2.05, 4.69) is 44.4 Å². The summed E-state index contributed by atoms with van der Waals surface area (Å²) in [6, 6.07) is 12.6. The number of rotatable bonds is 5. The number of para-hydroxylation sites is 1. The average molecular weight is 422 g/mol. The number of morpholine rings is 1. The van der Waals surface area contributed by atoms with E-state index >= 15 is 0 Å². The third-order valence-corrected chi connectivity index (χ3v) is 6.61. The quantitative estimate of drug-likeness (QED) is 0.796. The van der Waals surface area contributed by atoms with Crippen molar-refractivity contribution < 1.29 is 9.53 Å². The molecule has 3 aliphatic rings. The monoisotopic (exact) mass is 421 g/mol. The van der Waals surface area contributed by atoms with E-state index in [0.29, 0.717) is 0 Å². The van der Waals surface area contributed by atoms with Gasteiger partial charge in [0.05, 0.1) is 25.1 Å². The van der Waals surface area contributed by atoms with E-state index in [0.717, 1.165) is 83.4 Å². The number of aromatic nitrogens is 1. The van der Waals surface area contributed by atoms with E-state index in [9.17, 15) is 4.79 Å². The van der Waals surface area contributed by atoms with Crippen molar-refractivity contribution in [3.63, 3.8) is 0 Å². The van der Waals surface area contributed by atoms with Gasteiger partial charge in [0.1, 0.15) is 5.82 Å². The van der Waals surface area contributed by atoms with E-state index in [1.54, 1.807) is 0 Å². The molecule has 5 rings (SSSR count). The second-order valence-corrected chi connectivity index (χ2v) is 8.52. The number of amides is 1. The van der Waals surface area contributed by atoms with Gasteiger partial charge in [-0.05, 0) is 36.6 Å². The number of pyridine rings is 1. The first-order chi connectivity index (χ1) is 15.3. The molecule has 1 N–H and O–H groups in total. The highest BCUT2D eigenvalue weighted by atomic mass is 16.5. The van der Waals surface area contributed by atoms with Crippen LogP contribution >= 0.6 is 0 Å². The number of ether oxygens (including phenoxy) is 1. The Morgan fingerprint density at radius 2 is 1.77 bits per heavy atom. The molecule has 7 nitrogen and oxygen atoms in total. The van der Waals surface area contributed by atoms with Crippen LogP contribution in [0.15, 0.2) is 42.6 Å². The van der Waals surface area contributed by atoms with E-state index in [1.807, 2.05) is 23.2 Å². The summed E-state index contributed by atoms with van der Waals surface area (Å²) in [5.41, 5.74) is 3.47. The summed E-state index contributed by atoms with van der Waals surface area (Å²) in [6.07, 6.45) is 3.54. The predicted octanol–water partition coefficient (Wildman–Crippen LogP) is 1.92. The molecule has 1 aromatic heterocycles. The standard InChI is InChI=1S/C24H31N5O2/c30-24-20(17-19-3-1-2-4-22(19)27-11-8-25-9-12-27)7-10-29(24)21-5-6-23(26-18-21)28-13-15-31-16-14-28/h1-6,18,20,25H,7-17H2/t20-/m1/s1. The molecule has 3 fully saturated rings. The minimum Gasteiger partial charge on any atom is -0.378 e. The molecule has 1 amide bonds. The summed E-state index contributed by atoms with van der Waals surface area (Å²) in [4.78, 5) is 24.4. The van der Waals surface area contributed by atoms with Crippen molar-refractivity contribution in [2.24, 2.45) is 5.92 Å². The Bertz CT molecular complexity index is 891.